The number of aliphatic imine (C=N–C) groups is 1. The van der Waals surface area contributed by atoms with Crippen LogP contribution in [-0.2, 0) is 9.63 Å². The Bertz CT molecular complexity index is 361. The lowest BCUT2D eigenvalue weighted by Gasteiger charge is -2.23. The molecule has 0 saturated carbocycles. The fraction of sp³-hybridized carbons (Fsp3) is 0.750. The summed E-state index contributed by atoms with van der Waals surface area (Å²) >= 11 is 0. The third-order valence-corrected chi connectivity index (χ3v) is 3.05. The molecule has 0 saturated heterocycles. The Kier molecular flexibility index (Phi) is 4.26. The SMILES string of the molecule is CCCC1=NOC(=O)C1(CC)N=C(C)N(C)C. The maximum Gasteiger partial charge on any atom is 0.368 e. The van der Waals surface area contributed by atoms with Crippen LogP contribution < -0.4 is 0 Å². The van der Waals surface area contributed by atoms with Gasteiger partial charge in [0.15, 0.2) is 0 Å². The average molecular weight is 239 g/mol. The van der Waals surface area contributed by atoms with E-state index >= 15 is 0 Å². The maximum atomic E-state index is 11.9. The molecule has 0 aromatic heterocycles. The topological polar surface area (TPSA) is 54.3 Å². The fourth-order valence-corrected chi connectivity index (χ4v) is 1.77. The van der Waals surface area contributed by atoms with Gasteiger partial charge < -0.3 is 9.74 Å². The summed E-state index contributed by atoms with van der Waals surface area (Å²) in [5.74, 6) is 0.444. The van der Waals surface area contributed by atoms with Crippen molar-refractivity contribution in [2.75, 3.05) is 14.1 Å². The van der Waals surface area contributed by atoms with E-state index in [9.17, 15) is 4.79 Å². The predicted molar refractivity (Wildman–Crippen MR) is 68.3 cm³/mol. The number of carbonyl (C=O) groups excluding carboxylic acids is 1. The summed E-state index contributed by atoms with van der Waals surface area (Å²) in [6, 6.07) is 0. The van der Waals surface area contributed by atoms with Gasteiger partial charge in [0.1, 0.15) is 0 Å². The maximum absolute atomic E-state index is 11.9. The van der Waals surface area contributed by atoms with E-state index in [2.05, 4.69) is 10.1 Å². The zero-order valence-electron chi connectivity index (χ0n) is 11.3. The Morgan fingerprint density at radius 2 is 2.12 bits per heavy atom. The van der Waals surface area contributed by atoms with E-state index in [1.165, 1.54) is 0 Å². The molecular weight excluding hydrogens is 218 g/mol. The van der Waals surface area contributed by atoms with Crippen LogP contribution in [0.15, 0.2) is 10.1 Å². The van der Waals surface area contributed by atoms with Gasteiger partial charge in [0.25, 0.3) is 0 Å². The predicted octanol–water partition coefficient (Wildman–Crippen LogP) is 1.83. The number of oxime groups is 1. The largest absolute Gasteiger partial charge is 0.368 e. The molecule has 1 aliphatic heterocycles. The van der Waals surface area contributed by atoms with E-state index in [1.807, 2.05) is 39.8 Å². The number of carbonyl (C=O) groups is 1. The number of hydrogen-bond donors (Lipinski definition) is 0. The van der Waals surface area contributed by atoms with Crippen molar-refractivity contribution in [1.29, 1.82) is 0 Å². The fourth-order valence-electron chi connectivity index (χ4n) is 1.77. The van der Waals surface area contributed by atoms with Crippen molar-refractivity contribution in [1.82, 2.24) is 4.90 Å². The van der Waals surface area contributed by atoms with Gasteiger partial charge in [-0.05, 0) is 19.8 Å². The molecule has 0 aliphatic carbocycles. The average Bonchev–Trinajstić information content (AvgIpc) is 2.58. The Morgan fingerprint density at radius 3 is 2.59 bits per heavy atom. The van der Waals surface area contributed by atoms with Gasteiger partial charge in [-0.25, -0.2) is 9.79 Å². The normalized spacial score (nSPS) is 24.6. The van der Waals surface area contributed by atoms with Crippen molar-refractivity contribution in [2.45, 2.75) is 45.6 Å². The summed E-state index contributed by atoms with van der Waals surface area (Å²) in [5.41, 5.74) is -0.154. The minimum Gasteiger partial charge on any atom is -0.367 e. The second-order valence-corrected chi connectivity index (χ2v) is 4.43. The minimum absolute atomic E-state index is 0.357. The summed E-state index contributed by atoms with van der Waals surface area (Å²) in [6.45, 7) is 5.87. The van der Waals surface area contributed by atoms with Crippen LogP contribution >= 0.6 is 0 Å². The molecule has 0 amide bonds. The van der Waals surface area contributed by atoms with Gasteiger partial charge in [-0.1, -0.05) is 25.4 Å². The molecule has 5 nitrogen and oxygen atoms in total. The van der Waals surface area contributed by atoms with Crippen LogP contribution in [0.1, 0.15) is 40.0 Å². The second kappa shape index (κ2) is 5.29. The highest BCUT2D eigenvalue weighted by Crippen LogP contribution is 2.29. The summed E-state index contributed by atoms with van der Waals surface area (Å²) in [6.07, 6.45) is 2.24. The third kappa shape index (κ3) is 2.48. The molecule has 1 aliphatic rings. The lowest BCUT2D eigenvalue weighted by Crippen LogP contribution is -2.42. The number of rotatable bonds is 4. The molecule has 1 rings (SSSR count). The van der Waals surface area contributed by atoms with Crippen LogP contribution in [-0.4, -0.2) is 42.1 Å². The summed E-state index contributed by atoms with van der Waals surface area (Å²) in [7, 11) is 3.80. The van der Waals surface area contributed by atoms with Crippen LogP contribution in [0, 0.1) is 0 Å². The van der Waals surface area contributed by atoms with Gasteiger partial charge in [-0.3, -0.25) is 0 Å². The molecule has 0 spiro atoms. The minimum atomic E-state index is -0.898. The second-order valence-electron chi connectivity index (χ2n) is 4.43. The van der Waals surface area contributed by atoms with Crippen LogP contribution in [0.5, 0.6) is 0 Å². The third-order valence-electron chi connectivity index (χ3n) is 3.05. The molecule has 0 fully saturated rings. The molecular formula is C12H21N3O2. The van der Waals surface area contributed by atoms with Crippen molar-refractivity contribution in [3.8, 4) is 0 Å². The highest BCUT2D eigenvalue weighted by Gasteiger charge is 2.48. The molecule has 1 heterocycles. The Balaban J connectivity index is 3.12. The number of amidine groups is 1. The highest BCUT2D eigenvalue weighted by atomic mass is 16.7. The lowest BCUT2D eigenvalue weighted by atomic mass is 9.89. The van der Waals surface area contributed by atoms with Gasteiger partial charge in [-0.2, -0.15) is 0 Å². The van der Waals surface area contributed by atoms with Crippen LogP contribution in [0.4, 0.5) is 0 Å². The summed E-state index contributed by atoms with van der Waals surface area (Å²) < 4.78 is 0. The molecule has 0 bridgehead atoms. The molecule has 1 atom stereocenters. The lowest BCUT2D eigenvalue weighted by molar-refractivity contribution is -0.144. The summed E-state index contributed by atoms with van der Waals surface area (Å²) in [5, 5.41) is 3.88. The van der Waals surface area contributed by atoms with Gasteiger partial charge in [0, 0.05) is 14.1 Å². The van der Waals surface area contributed by atoms with E-state index in [4.69, 9.17) is 4.84 Å². The standard InChI is InChI=1S/C12H21N3O2/c1-6-8-10-12(7-2,11(16)17-14-10)13-9(3)15(4)5/h6-8H2,1-5H3. The van der Waals surface area contributed by atoms with Gasteiger partial charge in [0.2, 0.25) is 5.54 Å². The van der Waals surface area contributed by atoms with Crippen molar-refractivity contribution in [3.63, 3.8) is 0 Å². The van der Waals surface area contributed by atoms with Crippen molar-refractivity contribution < 1.29 is 9.63 Å². The van der Waals surface area contributed by atoms with Crippen molar-refractivity contribution in [2.24, 2.45) is 10.1 Å². The van der Waals surface area contributed by atoms with Crippen LogP contribution in [0.25, 0.3) is 0 Å². The zero-order chi connectivity index (χ0) is 13.1. The number of nitrogens with zero attached hydrogens (tertiary/aromatic N) is 3. The Hall–Kier alpha value is -1.39. The van der Waals surface area contributed by atoms with E-state index in [1.54, 1.807) is 0 Å². The molecule has 17 heavy (non-hydrogen) atoms. The molecule has 0 N–H and O–H groups in total. The smallest absolute Gasteiger partial charge is 0.367 e. The Morgan fingerprint density at radius 1 is 1.47 bits per heavy atom. The first-order valence-corrected chi connectivity index (χ1v) is 6.00. The molecule has 5 heteroatoms. The quantitative estimate of drug-likeness (QED) is 0.427. The monoisotopic (exact) mass is 239 g/mol. The van der Waals surface area contributed by atoms with Crippen LogP contribution in [0.2, 0.25) is 0 Å². The van der Waals surface area contributed by atoms with E-state index in [-0.39, 0.29) is 5.97 Å². The van der Waals surface area contributed by atoms with Gasteiger partial charge >= 0.3 is 5.97 Å². The first-order valence-electron chi connectivity index (χ1n) is 6.00. The first-order chi connectivity index (χ1) is 7.97. The molecule has 96 valence electrons. The molecule has 0 aromatic rings. The highest BCUT2D eigenvalue weighted by molar-refractivity contribution is 6.15. The van der Waals surface area contributed by atoms with Gasteiger partial charge in [-0.15, -0.1) is 0 Å². The van der Waals surface area contributed by atoms with Gasteiger partial charge in [0.05, 0.1) is 11.5 Å². The van der Waals surface area contributed by atoms with Crippen molar-refractivity contribution >= 4 is 17.5 Å². The van der Waals surface area contributed by atoms with Crippen LogP contribution in [0.3, 0.4) is 0 Å². The molecule has 0 aromatic carbocycles. The van der Waals surface area contributed by atoms with E-state index in [0.29, 0.717) is 6.42 Å². The molecule has 1 unspecified atom stereocenters. The Labute approximate surface area is 103 Å². The molecule has 0 radical (unpaired) electrons. The first kappa shape index (κ1) is 13.7. The van der Waals surface area contributed by atoms with E-state index in [0.717, 1.165) is 24.4 Å². The van der Waals surface area contributed by atoms with E-state index < -0.39 is 5.54 Å². The summed E-state index contributed by atoms with van der Waals surface area (Å²) in [4.78, 5) is 23.2. The zero-order valence-corrected chi connectivity index (χ0v) is 11.3. The number of hydrogen-bond acceptors (Lipinski definition) is 4. The van der Waals surface area contributed by atoms with Crippen molar-refractivity contribution in [3.05, 3.63) is 0 Å².